The molecule has 0 radical (unpaired) electrons. The van der Waals surface area contributed by atoms with Gasteiger partial charge in [-0.2, -0.15) is 4.31 Å². The predicted molar refractivity (Wildman–Crippen MR) is 113 cm³/mol. The van der Waals surface area contributed by atoms with Gasteiger partial charge in [0.15, 0.2) is 23.9 Å². The molecule has 0 unspecified atom stereocenters. The normalized spacial score (nSPS) is 14.6. The molecule has 1 aliphatic rings. The number of sulfonamides is 1. The first-order chi connectivity index (χ1) is 14.9. The number of methoxy groups -OCH3 is 2. The molecule has 1 fully saturated rings. The lowest BCUT2D eigenvalue weighted by Crippen LogP contribution is -2.35. The summed E-state index contributed by atoms with van der Waals surface area (Å²) in [5.41, 5.74) is 0.478. The summed E-state index contributed by atoms with van der Waals surface area (Å²) in [6.07, 6.45) is 2.73. The molecule has 0 amide bonds. The van der Waals surface area contributed by atoms with E-state index in [-0.39, 0.29) is 16.0 Å². The third-order valence-electron chi connectivity index (χ3n) is 5.08. The second-order valence-electron chi connectivity index (χ2n) is 7.06. The van der Waals surface area contributed by atoms with Crippen molar-refractivity contribution in [3.05, 3.63) is 53.6 Å². The van der Waals surface area contributed by atoms with Gasteiger partial charge in [-0.15, -0.1) is 0 Å². The maximum Gasteiger partial charge on any atom is 0.338 e. The lowest BCUT2D eigenvalue weighted by atomic mass is 10.1. The minimum Gasteiger partial charge on any atom is -0.493 e. The Morgan fingerprint density at radius 3 is 2.10 bits per heavy atom. The van der Waals surface area contributed by atoms with Crippen molar-refractivity contribution in [2.24, 2.45) is 0 Å². The van der Waals surface area contributed by atoms with Gasteiger partial charge in [0.05, 0.1) is 24.7 Å². The van der Waals surface area contributed by atoms with E-state index in [0.29, 0.717) is 24.6 Å². The number of esters is 1. The molecule has 2 aromatic rings. The minimum absolute atomic E-state index is 0.147. The molecule has 0 N–H and O–H groups in total. The van der Waals surface area contributed by atoms with Crippen molar-refractivity contribution in [3.63, 3.8) is 0 Å². The highest BCUT2D eigenvalue weighted by molar-refractivity contribution is 7.89. The number of ketones is 1. The molecule has 0 saturated carbocycles. The van der Waals surface area contributed by atoms with Crippen LogP contribution in [0.15, 0.2) is 47.4 Å². The van der Waals surface area contributed by atoms with E-state index in [2.05, 4.69) is 0 Å². The number of rotatable bonds is 8. The van der Waals surface area contributed by atoms with Crippen LogP contribution >= 0.6 is 0 Å². The van der Waals surface area contributed by atoms with Gasteiger partial charge in [-0.25, -0.2) is 13.2 Å². The van der Waals surface area contributed by atoms with Crippen LogP contribution in [0.3, 0.4) is 0 Å². The van der Waals surface area contributed by atoms with E-state index in [1.807, 2.05) is 0 Å². The molecule has 1 heterocycles. The molecular formula is C22H25NO7S. The second-order valence-corrected chi connectivity index (χ2v) is 9.00. The average Bonchev–Trinajstić information content (AvgIpc) is 2.82. The largest absolute Gasteiger partial charge is 0.493 e. The van der Waals surface area contributed by atoms with Crippen LogP contribution in [0, 0.1) is 0 Å². The lowest BCUT2D eigenvalue weighted by molar-refractivity contribution is 0.0474. The molecule has 2 aromatic carbocycles. The monoisotopic (exact) mass is 447 g/mol. The van der Waals surface area contributed by atoms with Crippen molar-refractivity contribution in [1.29, 1.82) is 0 Å². The number of Topliss-reactive ketones (excluding diaryl/α,β-unsaturated/α-hetero) is 1. The zero-order valence-corrected chi connectivity index (χ0v) is 18.3. The van der Waals surface area contributed by atoms with Gasteiger partial charge in [0, 0.05) is 18.7 Å². The van der Waals surface area contributed by atoms with Gasteiger partial charge in [0.2, 0.25) is 10.0 Å². The lowest BCUT2D eigenvalue weighted by Gasteiger charge is -2.25. The van der Waals surface area contributed by atoms with Crippen LogP contribution in [0.25, 0.3) is 0 Å². The molecule has 9 heteroatoms. The Hall–Kier alpha value is -2.91. The number of hydrogen-bond acceptors (Lipinski definition) is 7. The van der Waals surface area contributed by atoms with Crippen molar-refractivity contribution >= 4 is 21.8 Å². The van der Waals surface area contributed by atoms with Crippen LogP contribution < -0.4 is 9.47 Å². The Morgan fingerprint density at radius 2 is 1.48 bits per heavy atom. The smallest absolute Gasteiger partial charge is 0.338 e. The topological polar surface area (TPSA) is 99.2 Å². The van der Waals surface area contributed by atoms with Crippen molar-refractivity contribution < 1.29 is 32.2 Å². The van der Waals surface area contributed by atoms with Crippen molar-refractivity contribution in [3.8, 4) is 11.5 Å². The van der Waals surface area contributed by atoms with Gasteiger partial charge in [-0.05, 0) is 55.3 Å². The first kappa shape index (κ1) is 22.8. The van der Waals surface area contributed by atoms with Crippen LogP contribution in [0.5, 0.6) is 11.5 Å². The average molecular weight is 448 g/mol. The van der Waals surface area contributed by atoms with E-state index >= 15 is 0 Å². The SMILES string of the molecule is COc1ccc(C(=O)OCC(=O)c2ccc(S(=O)(=O)N3CCCCC3)cc2)cc1OC. The van der Waals surface area contributed by atoms with E-state index in [9.17, 15) is 18.0 Å². The molecular weight excluding hydrogens is 422 g/mol. The van der Waals surface area contributed by atoms with Gasteiger partial charge in [0.1, 0.15) is 0 Å². The highest BCUT2D eigenvalue weighted by Gasteiger charge is 2.26. The summed E-state index contributed by atoms with van der Waals surface area (Å²) in [6, 6.07) is 10.2. The van der Waals surface area contributed by atoms with Crippen LogP contribution in [-0.4, -0.2) is 58.4 Å². The van der Waals surface area contributed by atoms with Gasteiger partial charge in [0.25, 0.3) is 0 Å². The molecule has 166 valence electrons. The molecule has 1 aliphatic heterocycles. The number of carbonyl (C=O) groups excluding carboxylic acids is 2. The Labute approximate surface area is 181 Å². The van der Waals surface area contributed by atoms with E-state index in [4.69, 9.17) is 14.2 Å². The Bertz CT molecular complexity index is 1040. The highest BCUT2D eigenvalue weighted by atomic mass is 32.2. The summed E-state index contributed by atoms with van der Waals surface area (Å²) < 4.78 is 42.2. The van der Waals surface area contributed by atoms with Crippen molar-refractivity contribution in [2.45, 2.75) is 24.2 Å². The first-order valence-corrected chi connectivity index (χ1v) is 11.3. The molecule has 1 saturated heterocycles. The number of nitrogens with zero attached hydrogens (tertiary/aromatic N) is 1. The zero-order valence-electron chi connectivity index (χ0n) is 17.5. The molecule has 31 heavy (non-hydrogen) atoms. The highest BCUT2D eigenvalue weighted by Crippen LogP contribution is 2.28. The van der Waals surface area contributed by atoms with E-state index < -0.39 is 28.4 Å². The van der Waals surface area contributed by atoms with E-state index in [1.165, 1.54) is 54.9 Å². The summed E-state index contributed by atoms with van der Waals surface area (Å²) in [5.74, 6) is -0.280. The van der Waals surface area contributed by atoms with Gasteiger partial charge >= 0.3 is 5.97 Å². The molecule has 0 aromatic heterocycles. The first-order valence-electron chi connectivity index (χ1n) is 9.89. The fraction of sp³-hybridized carbons (Fsp3) is 0.364. The van der Waals surface area contributed by atoms with Crippen LogP contribution in [-0.2, 0) is 14.8 Å². The van der Waals surface area contributed by atoms with Crippen LogP contribution in [0.2, 0.25) is 0 Å². The molecule has 3 rings (SSSR count). The van der Waals surface area contributed by atoms with E-state index in [1.54, 1.807) is 6.07 Å². The van der Waals surface area contributed by atoms with Crippen molar-refractivity contribution in [1.82, 2.24) is 4.31 Å². The maximum atomic E-state index is 12.7. The number of carbonyl (C=O) groups is 2. The fourth-order valence-corrected chi connectivity index (χ4v) is 4.85. The number of benzene rings is 2. The Morgan fingerprint density at radius 1 is 0.871 bits per heavy atom. The van der Waals surface area contributed by atoms with Crippen molar-refractivity contribution in [2.75, 3.05) is 33.9 Å². The van der Waals surface area contributed by atoms with Gasteiger partial charge in [-0.1, -0.05) is 6.42 Å². The van der Waals surface area contributed by atoms with E-state index in [0.717, 1.165) is 19.3 Å². The van der Waals surface area contributed by atoms with Gasteiger partial charge < -0.3 is 14.2 Å². The molecule has 0 aliphatic carbocycles. The Balaban J connectivity index is 1.62. The third-order valence-corrected chi connectivity index (χ3v) is 7.00. The summed E-state index contributed by atoms with van der Waals surface area (Å²) >= 11 is 0. The Kier molecular flexibility index (Phi) is 7.29. The molecule has 0 bridgehead atoms. The summed E-state index contributed by atoms with van der Waals surface area (Å²) in [4.78, 5) is 24.8. The number of ether oxygens (including phenoxy) is 3. The molecule has 0 atom stereocenters. The minimum atomic E-state index is -3.56. The standard InChI is InChI=1S/C22H25NO7S/c1-28-20-11-8-17(14-21(20)29-2)22(25)30-15-19(24)16-6-9-18(10-7-16)31(26,27)23-12-4-3-5-13-23/h6-11,14H,3-5,12-13,15H2,1-2H3. The third kappa shape index (κ3) is 5.23. The van der Waals surface area contributed by atoms with Crippen LogP contribution in [0.1, 0.15) is 40.0 Å². The van der Waals surface area contributed by atoms with Crippen LogP contribution in [0.4, 0.5) is 0 Å². The molecule has 8 nitrogen and oxygen atoms in total. The zero-order chi connectivity index (χ0) is 22.4. The summed E-state index contributed by atoms with van der Waals surface area (Å²) in [6.45, 7) is 0.551. The fourth-order valence-electron chi connectivity index (χ4n) is 3.33. The quantitative estimate of drug-likeness (QED) is 0.453. The summed E-state index contributed by atoms with van der Waals surface area (Å²) in [5, 5.41) is 0. The number of hydrogen-bond donors (Lipinski definition) is 0. The van der Waals surface area contributed by atoms with Gasteiger partial charge in [-0.3, -0.25) is 4.79 Å². The number of piperidine rings is 1. The predicted octanol–water partition coefficient (Wildman–Crippen LogP) is 2.92. The molecule has 0 spiro atoms. The summed E-state index contributed by atoms with van der Waals surface area (Å²) in [7, 11) is -0.630. The maximum absolute atomic E-state index is 12.7. The second kappa shape index (κ2) is 9.93.